The molecule has 38 heavy (non-hydrogen) atoms. The Labute approximate surface area is 229 Å². The Bertz CT molecular complexity index is 987. The maximum Gasteiger partial charge on any atom is 0.335 e. The first-order valence-electron chi connectivity index (χ1n) is 13.5. The Morgan fingerprint density at radius 3 is 1.95 bits per heavy atom. The average molecular weight is 562 g/mol. The number of fused-ring (bicyclic) bond motifs is 2. The molecule has 4 atom stereocenters. The van der Waals surface area contributed by atoms with Gasteiger partial charge in [-0.1, -0.05) is 67.5 Å². The van der Waals surface area contributed by atoms with Crippen molar-refractivity contribution in [3.8, 4) is 0 Å². The van der Waals surface area contributed by atoms with Crippen LogP contribution < -0.4 is 0 Å². The minimum Gasteiger partial charge on any atom is -0.414 e. The summed E-state index contributed by atoms with van der Waals surface area (Å²) in [6.45, 7) is 17.1. The van der Waals surface area contributed by atoms with Crippen molar-refractivity contribution >= 4 is 36.8 Å². The summed E-state index contributed by atoms with van der Waals surface area (Å²) < 4.78 is 33.1. The summed E-state index contributed by atoms with van der Waals surface area (Å²) in [5.41, 5.74) is 1.26. The molecule has 3 aliphatic rings. The number of hydrogen-bond acceptors (Lipinski definition) is 8. The van der Waals surface area contributed by atoms with E-state index >= 15 is 0 Å². The number of nitrogens with zero attached hydrogens (tertiary/aromatic N) is 1. The van der Waals surface area contributed by atoms with Gasteiger partial charge in [-0.2, -0.15) is 0 Å². The zero-order chi connectivity index (χ0) is 28.0. The molecule has 0 saturated carbocycles. The first kappa shape index (κ1) is 29.6. The van der Waals surface area contributed by atoms with Gasteiger partial charge in [-0.3, -0.25) is 9.59 Å². The van der Waals surface area contributed by atoms with E-state index in [0.29, 0.717) is 11.1 Å². The lowest BCUT2D eigenvalue weighted by atomic mass is 9.93. The molecule has 0 N–H and O–H groups in total. The zero-order valence-electron chi connectivity index (χ0n) is 23.6. The van der Waals surface area contributed by atoms with Crippen molar-refractivity contribution in [1.29, 1.82) is 0 Å². The maximum absolute atomic E-state index is 12.6. The first-order chi connectivity index (χ1) is 17.9. The van der Waals surface area contributed by atoms with Gasteiger partial charge in [-0.05, 0) is 34.3 Å². The lowest BCUT2D eigenvalue weighted by molar-refractivity contribution is -0.195. The average Bonchev–Trinajstić information content (AvgIpc) is 3.26. The van der Waals surface area contributed by atoms with Crippen molar-refractivity contribution in [2.75, 3.05) is 13.4 Å². The molecule has 1 aromatic rings. The molecule has 208 valence electrons. The number of benzene rings is 1. The molecule has 1 unspecified atom stereocenters. The Morgan fingerprint density at radius 1 is 0.921 bits per heavy atom. The predicted molar refractivity (Wildman–Crippen MR) is 146 cm³/mol. The molecular weight excluding hydrogens is 521 g/mol. The van der Waals surface area contributed by atoms with Crippen LogP contribution in [0.3, 0.4) is 0 Å². The highest BCUT2D eigenvalue weighted by Crippen LogP contribution is 2.47. The summed E-state index contributed by atoms with van der Waals surface area (Å²) in [6, 6.07) is 5.77. The highest BCUT2D eigenvalue weighted by Gasteiger charge is 2.61. The van der Waals surface area contributed by atoms with Crippen LogP contribution in [-0.2, 0) is 27.3 Å². The molecular formula is C26H40BNO8Si2. The summed E-state index contributed by atoms with van der Waals surface area (Å²) in [5, 5.41) is 0.723. The summed E-state index contributed by atoms with van der Waals surface area (Å²) in [6.07, 6.45) is -1.72. The van der Waals surface area contributed by atoms with Crippen LogP contribution in [0.1, 0.15) is 76.1 Å². The van der Waals surface area contributed by atoms with Crippen molar-refractivity contribution in [3.05, 3.63) is 35.4 Å². The standard InChI is InChI=1S/C26H40BNO8Si2/c1-15(2)37(16(3)4)33-13-21-22(35-38(36-37,17(5)6)18(7)8)23(24(27)34-21)31-14-32-28-25(29)19-11-9-10-12-20(19)26(28)30/h9-12,15-18,21-24H,13-14H2,1-8H3/t21-,22?,23+,24-/m1/s1. The van der Waals surface area contributed by atoms with Crippen LogP contribution in [0.4, 0.5) is 0 Å². The number of rotatable bonds is 8. The SMILES string of the molecule is [B][C@@H]1O[C@@H]2CO[Si](C(C)C)(C(C)C)O[Si](C(C)C)(C(C)C)OC2[C@@H]1OCON1C(=O)c2ccccc2C1=O. The number of amides is 2. The number of imide groups is 1. The summed E-state index contributed by atoms with van der Waals surface area (Å²) in [5.74, 6) is -1.06. The molecule has 1 aromatic carbocycles. The zero-order valence-corrected chi connectivity index (χ0v) is 25.6. The topological polar surface area (TPSA) is 92.8 Å². The van der Waals surface area contributed by atoms with Crippen LogP contribution in [0.2, 0.25) is 22.2 Å². The van der Waals surface area contributed by atoms with Gasteiger partial charge in [-0.25, -0.2) is 4.84 Å². The van der Waals surface area contributed by atoms with Gasteiger partial charge >= 0.3 is 17.1 Å². The van der Waals surface area contributed by atoms with Crippen LogP contribution in [0, 0.1) is 0 Å². The van der Waals surface area contributed by atoms with Crippen molar-refractivity contribution < 1.29 is 36.9 Å². The smallest absolute Gasteiger partial charge is 0.335 e. The molecule has 0 spiro atoms. The number of hydroxylamine groups is 2. The lowest BCUT2D eigenvalue weighted by Gasteiger charge is -2.51. The Kier molecular flexibility index (Phi) is 8.76. The monoisotopic (exact) mass is 561 g/mol. The van der Waals surface area contributed by atoms with Gasteiger partial charge in [0.25, 0.3) is 11.8 Å². The fraction of sp³-hybridized carbons (Fsp3) is 0.692. The van der Waals surface area contributed by atoms with Gasteiger partial charge in [0.2, 0.25) is 0 Å². The van der Waals surface area contributed by atoms with E-state index in [0.717, 1.165) is 5.06 Å². The van der Waals surface area contributed by atoms with Gasteiger partial charge in [0.15, 0.2) is 6.79 Å². The van der Waals surface area contributed by atoms with Gasteiger partial charge in [0.1, 0.15) is 26.2 Å². The summed E-state index contributed by atoms with van der Waals surface area (Å²) in [4.78, 5) is 30.8. The summed E-state index contributed by atoms with van der Waals surface area (Å²) in [7, 11) is 0.775. The molecule has 9 nitrogen and oxygen atoms in total. The number of hydrogen-bond donors (Lipinski definition) is 0. The number of carbonyl (C=O) groups is 2. The molecule has 0 bridgehead atoms. The van der Waals surface area contributed by atoms with Crippen LogP contribution in [0.25, 0.3) is 0 Å². The van der Waals surface area contributed by atoms with Crippen molar-refractivity contribution in [1.82, 2.24) is 5.06 Å². The summed E-state index contributed by atoms with van der Waals surface area (Å²) >= 11 is 0. The van der Waals surface area contributed by atoms with Crippen LogP contribution in [0.5, 0.6) is 0 Å². The molecule has 0 aliphatic carbocycles. The molecule has 3 aliphatic heterocycles. The molecule has 2 radical (unpaired) electrons. The highest BCUT2D eigenvalue weighted by atomic mass is 28.5. The van der Waals surface area contributed by atoms with E-state index in [4.69, 9.17) is 35.1 Å². The molecule has 3 heterocycles. The third-order valence-corrected chi connectivity index (χ3v) is 18.1. The maximum atomic E-state index is 12.6. The largest absolute Gasteiger partial charge is 0.414 e. The number of carbonyl (C=O) groups excluding carboxylic acids is 2. The molecule has 2 saturated heterocycles. The van der Waals surface area contributed by atoms with E-state index < -0.39 is 53.3 Å². The Hall–Kier alpha value is -1.38. The van der Waals surface area contributed by atoms with E-state index in [1.54, 1.807) is 24.3 Å². The minimum absolute atomic E-state index is 0.126. The highest BCUT2D eigenvalue weighted by molar-refractivity contribution is 6.84. The molecule has 2 fully saturated rings. The van der Waals surface area contributed by atoms with E-state index in [2.05, 4.69) is 55.4 Å². The third kappa shape index (κ3) is 4.98. The molecule has 12 heteroatoms. The quantitative estimate of drug-likeness (QED) is 0.262. The molecule has 4 rings (SSSR count). The third-order valence-electron chi connectivity index (χ3n) is 7.88. The normalized spacial score (nSPS) is 28.8. The number of ether oxygens (including phenoxy) is 2. The second kappa shape index (κ2) is 11.2. The van der Waals surface area contributed by atoms with E-state index in [9.17, 15) is 9.59 Å². The van der Waals surface area contributed by atoms with Crippen molar-refractivity contribution in [2.45, 2.75) is 102 Å². The van der Waals surface area contributed by atoms with Gasteiger partial charge in [0.05, 0.1) is 17.7 Å². The fourth-order valence-electron chi connectivity index (χ4n) is 5.81. The van der Waals surface area contributed by atoms with Crippen LogP contribution >= 0.6 is 0 Å². The van der Waals surface area contributed by atoms with E-state index in [-0.39, 0.29) is 35.6 Å². The second-order valence-electron chi connectivity index (χ2n) is 11.5. The van der Waals surface area contributed by atoms with Crippen molar-refractivity contribution in [2.24, 2.45) is 0 Å². The predicted octanol–water partition coefficient (Wildman–Crippen LogP) is 4.41. The van der Waals surface area contributed by atoms with Gasteiger partial charge in [0, 0.05) is 6.00 Å². The van der Waals surface area contributed by atoms with Crippen LogP contribution in [-0.4, -0.2) is 79.6 Å². The molecule has 0 aromatic heterocycles. The minimum atomic E-state index is -2.91. The van der Waals surface area contributed by atoms with E-state index in [1.165, 1.54) is 0 Å². The Morgan fingerprint density at radius 2 is 1.45 bits per heavy atom. The van der Waals surface area contributed by atoms with E-state index in [1.807, 2.05) is 0 Å². The van der Waals surface area contributed by atoms with Crippen molar-refractivity contribution in [3.63, 3.8) is 0 Å². The second-order valence-corrected chi connectivity index (χ2v) is 20.4. The Balaban J connectivity index is 1.55. The fourth-order valence-corrected chi connectivity index (χ4v) is 17.0. The van der Waals surface area contributed by atoms with Gasteiger partial charge in [-0.15, -0.1) is 5.06 Å². The van der Waals surface area contributed by atoms with Gasteiger partial charge < -0.3 is 22.4 Å². The molecule has 2 amide bonds. The van der Waals surface area contributed by atoms with Crippen LogP contribution in [0.15, 0.2) is 24.3 Å². The first-order valence-corrected chi connectivity index (χ1v) is 17.4. The lowest BCUT2D eigenvalue weighted by Crippen LogP contribution is -2.66.